The van der Waals surface area contributed by atoms with Crippen molar-refractivity contribution in [2.24, 2.45) is 0 Å². The van der Waals surface area contributed by atoms with Crippen LogP contribution >= 0.6 is 11.8 Å². The maximum absolute atomic E-state index is 12.9. The summed E-state index contributed by atoms with van der Waals surface area (Å²) in [6.45, 7) is 5.08. The van der Waals surface area contributed by atoms with Crippen molar-refractivity contribution >= 4 is 29.1 Å². The Morgan fingerprint density at radius 3 is 2.57 bits per heavy atom. The van der Waals surface area contributed by atoms with E-state index in [4.69, 9.17) is 4.74 Å². The Morgan fingerprint density at radius 2 is 1.96 bits per heavy atom. The van der Waals surface area contributed by atoms with E-state index in [1.54, 1.807) is 0 Å². The average Bonchev–Trinajstić information content (AvgIpc) is 3.13. The van der Waals surface area contributed by atoms with Gasteiger partial charge in [0.15, 0.2) is 0 Å². The van der Waals surface area contributed by atoms with E-state index in [9.17, 15) is 9.59 Å². The van der Waals surface area contributed by atoms with Crippen LogP contribution in [0.5, 0.6) is 0 Å². The van der Waals surface area contributed by atoms with Gasteiger partial charge in [-0.2, -0.15) is 0 Å². The molecule has 1 aromatic rings. The minimum atomic E-state index is -0.190. The Hall–Kier alpha value is -1.59. The molecule has 1 aromatic carbocycles. The quantitative estimate of drug-likeness (QED) is 0.778. The van der Waals surface area contributed by atoms with E-state index in [-0.39, 0.29) is 17.9 Å². The zero-order valence-electron chi connectivity index (χ0n) is 13.5. The fourth-order valence-electron chi connectivity index (χ4n) is 2.96. The first kappa shape index (κ1) is 16.3. The van der Waals surface area contributed by atoms with E-state index in [1.165, 1.54) is 16.7 Å². The molecule has 0 N–H and O–H groups in total. The zero-order valence-corrected chi connectivity index (χ0v) is 14.3. The molecule has 2 amide bonds. The molecule has 5 heteroatoms. The van der Waals surface area contributed by atoms with Crippen molar-refractivity contribution in [3.63, 3.8) is 0 Å². The van der Waals surface area contributed by atoms with Crippen LogP contribution in [0.4, 0.5) is 0 Å². The van der Waals surface area contributed by atoms with Crippen LogP contribution in [0.2, 0.25) is 0 Å². The molecule has 0 radical (unpaired) electrons. The minimum absolute atomic E-state index is 0.0202. The third kappa shape index (κ3) is 3.21. The van der Waals surface area contributed by atoms with Gasteiger partial charge in [0.1, 0.15) is 0 Å². The van der Waals surface area contributed by atoms with Gasteiger partial charge in [0.05, 0.1) is 23.1 Å². The lowest BCUT2D eigenvalue weighted by Gasteiger charge is -2.19. The highest BCUT2D eigenvalue weighted by atomic mass is 32.2. The molecular formula is C18H21NO3S. The zero-order chi connectivity index (χ0) is 16.4. The lowest BCUT2D eigenvalue weighted by Crippen LogP contribution is -2.37. The number of carbonyl (C=O) groups excluding carboxylic acids is 2. The lowest BCUT2D eigenvalue weighted by molar-refractivity contribution is -0.138. The number of aryl methyl sites for hydroxylation is 1. The van der Waals surface area contributed by atoms with Crippen LogP contribution in [0.1, 0.15) is 30.9 Å². The van der Waals surface area contributed by atoms with Crippen LogP contribution in [0.3, 0.4) is 0 Å². The monoisotopic (exact) mass is 331 g/mol. The van der Waals surface area contributed by atoms with E-state index in [0.717, 1.165) is 36.3 Å². The highest BCUT2D eigenvalue weighted by molar-refractivity contribution is 8.04. The van der Waals surface area contributed by atoms with Gasteiger partial charge in [0.2, 0.25) is 0 Å². The molecule has 0 spiro atoms. The highest BCUT2D eigenvalue weighted by Gasteiger charge is 2.40. The molecule has 0 saturated carbocycles. The van der Waals surface area contributed by atoms with Crippen molar-refractivity contribution in [2.75, 3.05) is 18.9 Å². The van der Waals surface area contributed by atoms with E-state index >= 15 is 0 Å². The number of amides is 2. The summed E-state index contributed by atoms with van der Waals surface area (Å²) in [5.41, 5.74) is 2.49. The van der Waals surface area contributed by atoms with Crippen molar-refractivity contribution in [2.45, 2.75) is 32.8 Å². The van der Waals surface area contributed by atoms with Gasteiger partial charge < -0.3 is 4.74 Å². The summed E-state index contributed by atoms with van der Waals surface area (Å²) in [6, 6.07) is 7.78. The van der Waals surface area contributed by atoms with Gasteiger partial charge in [-0.1, -0.05) is 36.8 Å². The molecule has 0 bridgehead atoms. The molecule has 0 aliphatic carbocycles. The molecular weight excluding hydrogens is 310 g/mol. The highest BCUT2D eigenvalue weighted by Crippen LogP contribution is 2.36. The number of nitrogens with zero attached hydrogens (tertiary/aromatic N) is 1. The standard InChI is InChI=1S/C18H21NO3S/c1-3-23-16-15(13-8-6-12(2)7-9-13)17(20)19(18(16)21)11-14-5-4-10-22-14/h6-9,14H,3-5,10-11H2,1-2H3. The summed E-state index contributed by atoms with van der Waals surface area (Å²) in [5, 5.41) is 0. The summed E-state index contributed by atoms with van der Waals surface area (Å²) in [4.78, 5) is 27.5. The molecule has 1 saturated heterocycles. The van der Waals surface area contributed by atoms with Crippen LogP contribution < -0.4 is 0 Å². The Balaban J connectivity index is 1.91. The van der Waals surface area contributed by atoms with Crippen molar-refractivity contribution in [1.29, 1.82) is 0 Å². The summed E-state index contributed by atoms with van der Waals surface area (Å²) in [6.07, 6.45) is 1.89. The summed E-state index contributed by atoms with van der Waals surface area (Å²) < 4.78 is 5.59. The van der Waals surface area contributed by atoms with Gasteiger partial charge in [-0.25, -0.2) is 0 Å². The largest absolute Gasteiger partial charge is 0.376 e. The maximum Gasteiger partial charge on any atom is 0.268 e. The third-order valence-corrected chi connectivity index (χ3v) is 5.12. The van der Waals surface area contributed by atoms with Crippen LogP contribution in [-0.2, 0) is 14.3 Å². The van der Waals surface area contributed by atoms with Crippen LogP contribution in [0.15, 0.2) is 29.2 Å². The Morgan fingerprint density at radius 1 is 1.22 bits per heavy atom. The second kappa shape index (κ2) is 6.89. The van der Waals surface area contributed by atoms with Gasteiger partial charge in [0.25, 0.3) is 11.8 Å². The van der Waals surface area contributed by atoms with Gasteiger partial charge in [-0.05, 0) is 31.1 Å². The molecule has 23 heavy (non-hydrogen) atoms. The number of benzene rings is 1. The number of hydrogen-bond acceptors (Lipinski definition) is 4. The molecule has 4 nitrogen and oxygen atoms in total. The summed E-state index contributed by atoms with van der Waals surface area (Å²) >= 11 is 1.45. The van der Waals surface area contributed by atoms with Gasteiger partial charge in [-0.3, -0.25) is 14.5 Å². The van der Waals surface area contributed by atoms with Crippen molar-refractivity contribution < 1.29 is 14.3 Å². The van der Waals surface area contributed by atoms with E-state index in [0.29, 0.717) is 17.0 Å². The fraction of sp³-hybridized carbons (Fsp3) is 0.444. The summed E-state index contributed by atoms with van der Waals surface area (Å²) in [7, 11) is 0. The van der Waals surface area contributed by atoms with E-state index in [2.05, 4.69) is 0 Å². The van der Waals surface area contributed by atoms with Crippen molar-refractivity contribution in [1.82, 2.24) is 4.90 Å². The molecule has 1 fully saturated rings. The third-order valence-electron chi connectivity index (χ3n) is 4.16. The number of carbonyl (C=O) groups is 2. The second-order valence-corrected chi connectivity index (χ2v) is 7.13. The molecule has 2 aliphatic rings. The number of imide groups is 1. The van der Waals surface area contributed by atoms with Gasteiger partial charge in [-0.15, -0.1) is 11.8 Å². The number of rotatable bonds is 5. The fourth-order valence-corrected chi connectivity index (χ4v) is 3.84. The minimum Gasteiger partial charge on any atom is -0.376 e. The predicted octanol–water partition coefficient (Wildman–Crippen LogP) is 3.01. The number of ether oxygens (including phenoxy) is 1. The molecule has 122 valence electrons. The van der Waals surface area contributed by atoms with Gasteiger partial charge >= 0.3 is 0 Å². The van der Waals surface area contributed by atoms with Gasteiger partial charge in [0, 0.05) is 6.61 Å². The van der Waals surface area contributed by atoms with Crippen molar-refractivity contribution in [3.05, 3.63) is 40.3 Å². The van der Waals surface area contributed by atoms with E-state index in [1.807, 2.05) is 38.1 Å². The smallest absolute Gasteiger partial charge is 0.268 e. The summed E-state index contributed by atoms with van der Waals surface area (Å²) in [5.74, 6) is 0.399. The normalized spacial score (nSPS) is 21.7. The second-order valence-electron chi connectivity index (χ2n) is 5.86. The van der Waals surface area contributed by atoms with Crippen LogP contribution in [0.25, 0.3) is 5.57 Å². The SMILES string of the molecule is CCSC1=C(c2ccc(C)cc2)C(=O)N(CC2CCCO2)C1=O. The predicted molar refractivity (Wildman–Crippen MR) is 91.9 cm³/mol. The molecule has 2 heterocycles. The molecule has 3 rings (SSSR count). The Labute approximate surface area is 140 Å². The lowest BCUT2D eigenvalue weighted by atomic mass is 10.0. The van der Waals surface area contributed by atoms with Crippen LogP contribution in [-0.4, -0.2) is 41.7 Å². The first-order valence-corrected chi connectivity index (χ1v) is 9.02. The molecule has 0 aromatic heterocycles. The first-order valence-electron chi connectivity index (χ1n) is 8.03. The number of hydrogen-bond donors (Lipinski definition) is 0. The Kier molecular flexibility index (Phi) is 4.87. The Bertz CT molecular complexity index is 645. The average molecular weight is 331 g/mol. The maximum atomic E-state index is 12.9. The van der Waals surface area contributed by atoms with E-state index < -0.39 is 0 Å². The molecule has 1 unspecified atom stereocenters. The topological polar surface area (TPSA) is 46.6 Å². The molecule has 1 atom stereocenters. The van der Waals surface area contributed by atoms with Crippen molar-refractivity contribution in [3.8, 4) is 0 Å². The number of thioether (sulfide) groups is 1. The first-order chi connectivity index (χ1) is 11.1. The molecule has 2 aliphatic heterocycles. The van der Waals surface area contributed by atoms with Crippen LogP contribution in [0, 0.1) is 6.92 Å².